The molecular weight excluding hydrogens is 520 g/mol. The van der Waals surface area contributed by atoms with Crippen LogP contribution in [0.4, 0.5) is 17.3 Å². The molecule has 0 spiro atoms. The van der Waals surface area contributed by atoms with Gasteiger partial charge in [0.25, 0.3) is 11.5 Å². The van der Waals surface area contributed by atoms with Crippen molar-refractivity contribution in [2.75, 3.05) is 42.3 Å². The second kappa shape index (κ2) is 11.1. The number of para-hydroxylation sites is 1. The molecule has 1 amide bonds. The molecule has 0 saturated carbocycles. The zero-order valence-corrected chi connectivity index (χ0v) is 22.4. The molecule has 0 radical (unpaired) electrons. The largest absolute Gasteiger partial charge is 0.382 e. The first kappa shape index (κ1) is 26.0. The van der Waals surface area contributed by atoms with Gasteiger partial charge in [-0.2, -0.15) is 0 Å². The van der Waals surface area contributed by atoms with Crippen molar-refractivity contribution >= 4 is 23.2 Å². The summed E-state index contributed by atoms with van der Waals surface area (Å²) in [5, 5.41) is 2.81. The van der Waals surface area contributed by atoms with Crippen molar-refractivity contribution in [1.29, 1.82) is 0 Å². The number of amides is 1. The van der Waals surface area contributed by atoms with Crippen molar-refractivity contribution in [3.63, 3.8) is 0 Å². The van der Waals surface area contributed by atoms with Crippen LogP contribution in [0.25, 0.3) is 28.2 Å². The highest BCUT2D eigenvalue weighted by Crippen LogP contribution is 2.28. The number of aryl methyl sites for hydroxylation is 1. The van der Waals surface area contributed by atoms with E-state index in [1.54, 1.807) is 48.4 Å². The number of nitrogens with zero attached hydrogens (tertiary/aromatic N) is 6. The van der Waals surface area contributed by atoms with E-state index in [9.17, 15) is 9.59 Å². The van der Waals surface area contributed by atoms with Crippen molar-refractivity contribution < 1.29 is 9.53 Å². The number of aromatic nitrogens is 5. The number of rotatable bonds is 6. The van der Waals surface area contributed by atoms with E-state index in [0.717, 1.165) is 30.0 Å². The molecule has 6 rings (SSSR count). The second-order valence-corrected chi connectivity index (χ2v) is 9.59. The van der Waals surface area contributed by atoms with Gasteiger partial charge >= 0.3 is 0 Å². The van der Waals surface area contributed by atoms with E-state index >= 15 is 0 Å². The summed E-state index contributed by atoms with van der Waals surface area (Å²) in [7, 11) is 1.72. The number of ether oxygens (including phenoxy) is 1. The lowest BCUT2D eigenvalue weighted by atomic mass is 10.1. The third-order valence-corrected chi connectivity index (χ3v) is 6.89. The number of pyridine rings is 1. The number of hydrogen-bond donors (Lipinski definition) is 2. The Hall–Kier alpha value is -5.29. The number of morpholine rings is 1. The van der Waals surface area contributed by atoms with Crippen LogP contribution in [-0.4, -0.2) is 56.5 Å². The zero-order chi connectivity index (χ0) is 28.3. The summed E-state index contributed by atoms with van der Waals surface area (Å²) in [6.45, 7) is 2.91. The van der Waals surface area contributed by atoms with Gasteiger partial charge in [0.15, 0.2) is 0 Å². The summed E-state index contributed by atoms with van der Waals surface area (Å²) < 4.78 is 8.49. The summed E-state index contributed by atoms with van der Waals surface area (Å²) in [5.74, 6) is 0.654. The van der Waals surface area contributed by atoms with Gasteiger partial charge in [0.05, 0.1) is 30.8 Å². The predicted octanol–water partition coefficient (Wildman–Crippen LogP) is 3.37. The molecule has 41 heavy (non-hydrogen) atoms. The molecule has 3 aromatic heterocycles. The van der Waals surface area contributed by atoms with Crippen molar-refractivity contribution in [2.45, 2.75) is 0 Å². The minimum Gasteiger partial charge on any atom is -0.382 e. The first-order valence-electron chi connectivity index (χ1n) is 13.2. The molecular formula is C30H28N8O3. The van der Waals surface area contributed by atoms with Gasteiger partial charge in [-0.25, -0.2) is 19.6 Å². The molecule has 1 saturated heterocycles. The average molecular weight is 549 g/mol. The number of nitrogens with two attached hydrogens (primary N) is 1. The molecule has 5 aromatic rings. The average Bonchev–Trinajstić information content (AvgIpc) is 3.32. The Labute approximate surface area is 235 Å². The van der Waals surface area contributed by atoms with Crippen LogP contribution in [0.5, 0.6) is 0 Å². The van der Waals surface area contributed by atoms with Crippen LogP contribution in [0.2, 0.25) is 0 Å². The zero-order valence-electron chi connectivity index (χ0n) is 22.4. The Balaban J connectivity index is 1.21. The summed E-state index contributed by atoms with van der Waals surface area (Å²) >= 11 is 0. The van der Waals surface area contributed by atoms with Crippen LogP contribution in [0, 0.1) is 0 Å². The quantitative estimate of drug-likeness (QED) is 0.330. The van der Waals surface area contributed by atoms with E-state index in [0.29, 0.717) is 41.8 Å². The summed E-state index contributed by atoms with van der Waals surface area (Å²) in [4.78, 5) is 41.9. The summed E-state index contributed by atoms with van der Waals surface area (Å²) in [6, 6.07) is 20.1. The van der Waals surface area contributed by atoms with E-state index in [4.69, 9.17) is 15.5 Å². The van der Waals surface area contributed by atoms with Gasteiger partial charge in [0.2, 0.25) is 0 Å². The van der Waals surface area contributed by atoms with E-state index in [1.807, 2.05) is 42.5 Å². The third kappa shape index (κ3) is 5.30. The molecule has 206 valence electrons. The van der Waals surface area contributed by atoms with Crippen LogP contribution >= 0.6 is 0 Å². The maximum absolute atomic E-state index is 13.0. The first-order chi connectivity index (χ1) is 20.0. The van der Waals surface area contributed by atoms with Gasteiger partial charge in [-0.1, -0.05) is 30.3 Å². The molecule has 2 aromatic carbocycles. The molecule has 1 aliphatic heterocycles. The van der Waals surface area contributed by atoms with E-state index < -0.39 is 11.5 Å². The minimum atomic E-state index is -0.497. The van der Waals surface area contributed by atoms with Gasteiger partial charge in [-0.15, -0.1) is 0 Å². The maximum atomic E-state index is 13.0. The molecule has 0 unspecified atom stereocenters. The lowest BCUT2D eigenvalue weighted by Gasteiger charge is -2.28. The van der Waals surface area contributed by atoms with Crippen molar-refractivity contribution in [3.05, 3.63) is 101 Å². The Morgan fingerprint density at radius 1 is 0.976 bits per heavy atom. The Morgan fingerprint density at radius 3 is 2.49 bits per heavy atom. The van der Waals surface area contributed by atoms with Crippen LogP contribution in [-0.2, 0) is 11.8 Å². The second-order valence-electron chi connectivity index (χ2n) is 9.59. The normalized spacial score (nSPS) is 13.2. The Kier molecular flexibility index (Phi) is 7.00. The van der Waals surface area contributed by atoms with Crippen LogP contribution < -0.4 is 21.5 Å². The lowest BCUT2D eigenvalue weighted by Crippen LogP contribution is -2.36. The molecule has 1 fully saturated rings. The number of hydrogen-bond acceptors (Lipinski definition) is 8. The van der Waals surface area contributed by atoms with Crippen LogP contribution in [0.3, 0.4) is 0 Å². The minimum absolute atomic E-state index is 0.0389. The highest BCUT2D eigenvalue weighted by Gasteiger charge is 2.18. The predicted molar refractivity (Wildman–Crippen MR) is 157 cm³/mol. The number of anilines is 3. The Morgan fingerprint density at radius 2 is 1.73 bits per heavy atom. The molecule has 0 atom stereocenters. The SMILES string of the molecule is Cn1cc(C(=O)Nc2ccc(-c3nc(-c4ccnc(N5CCOCC5)c4)cnc3N)cc2)c(=O)n1-c1ccccc1. The molecule has 0 bridgehead atoms. The first-order valence-corrected chi connectivity index (χ1v) is 13.2. The third-order valence-electron chi connectivity index (χ3n) is 6.89. The molecule has 11 nitrogen and oxygen atoms in total. The number of benzene rings is 2. The standard InChI is InChI=1S/C30H28N8O3/c1-36-19-24(30(40)38(36)23-5-3-2-4-6-23)29(39)34-22-9-7-20(8-10-22)27-28(31)33-18-25(35-27)21-11-12-32-26(17-21)37-13-15-41-16-14-37/h2-12,17-19H,13-16H2,1H3,(H2,31,33)(H,34,39). The molecule has 11 heteroatoms. The fourth-order valence-electron chi connectivity index (χ4n) is 4.78. The molecule has 0 aliphatic carbocycles. The van der Waals surface area contributed by atoms with Gasteiger partial charge in [-0.3, -0.25) is 14.3 Å². The highest BCUT2D eigenvalue weighted by atomic mass is 16.5. The number of nitrogens with one attached hydrogen (secondary N) is 1. The number of nitrogen functional groups attached to an aromatic ring is 1. The van der Waals surface area contributed by atoms with Crippen molar-refractivity contribution in [3.8, 4) is 28.2 Å². The van der Waals surface area contributed by atoms with Gasteiger partial charge in [0, 0.05) is 49.3 Å². The summed E-state index contributed by atoms with van der Waals surface area (Å²) in [6.07, 6.45) is 4.93. The van der Waals surface area contributed by atoms with E-state index in [-0.39, 0.29) is 5.56 Å². The lowest BCUT2D eigenvalue weighted by molar-refractivity contribution is 0.102. The molecule has 1 aliphatic rings. The maximum Gasteiger partial charge on any atom is 0.284 e. The topological polar surface area (TPSA) is 133 Å². The van der Waals surface area contributed by atoms with Gasteiger partial charge < -0.3 is 20.7 Å². The van der Waals surface area contributed by atoms with E-state index in [2.05, 4.69) is 20.2 Å². The molecule has 3 N–H and O–H groups in total. The van der Waals surface area contributed by atoms with Crippen LogP contribution in [0.1, 0.15) is 10.4 Å². The number of carbonyl (C=O) groups is 1. The van der Waals surface area contributed by atoms with Crippen molar-refractivity contribution in [2.24, 2.45) is 7.05 Å². The van der Waals surface area contributed by atoms with Gasteiger partial charge in [-0.05, 0) is 36.4 Å². The van der Waals surface area contributed by atoms with Crippen LogP contribution in [0.15, 0.2) is 90.1 Å². The monoisotopic (exact) mass is 548 g/mol. The fourth-order valence-corrected chi connectivity index (χ4v) is 4.78. The number of carbonyl (C=O) groups excluding carboxylic acids is 1. The highest BCUT2D eigenvalue weighted by molar-refractivity contribution is 6.04. The van der Waals surface area contributed by atoms with Gasteiger partial charge in [0.1, 0.15) is 22.9 Å². The summed E-state index contributed by atoms with van der Waals surface area (Å²) in [5.41, 5.74) is 9.86. The molecule has 4 heterocycles. The fraction of sp³-hybridized carbons (Fsp3) is 0.167. The smallest absolute Gasteiger partial charge is 0.284 e. The van der Waals surface area contributed by atoms with E-state index in [1.165, 1.54) is 10.9 Å². The van der Waals surface area contributed by atoms with Crippen molar-refractivity contribution in [1.82, 2.24) is 24.3 Å². The Bertz CT molecular complexity index is 1760.